The molecule has 0 saturated heterocycles. The molecule has 0 aliphatic heterocycles. The molecule has 1 rings (SSSR count). The summed E-state index contributed by atoms with van der Waals surface area (Å²) in [6.45, 7) is 3.25. The van der Waals surface area contributed by atoms with Crippen LogP contribution < -0.4 is 16.4 Å². The first kappa shape index (κ1) is 16.9. The summed E-state index contributed by atoms with van der Waals surface area (Å²) in [7, 11) is 1.58. The van der Waals surface area contributed by atoms with Gasteiger partial charge in [-0.1, -0.05) is 6.42 Å². The minimum atomic E-state index is -0.516. The number of rotatable bonds is 7. The van der Waals surface area contributed by atoms with Gasteiger partial charge in [0.2, 0.25) is 11.8 Å². The van der Waals surface area contributed by atoms with Crippen LogP contribution in [0.5, 0.6) is 0 Å². The Morgan fingerprint density at radius 3 is 2.80 bits per heavy atom. The van der Waals surface area contributed by atoms with Gasteiger partial charge in [0.15, 0.2) is 0 Å². The van der Waals surface area contributed by atoms with Crippen molar-refractivity contribution in [3.8, 4) is 0 Å². The van der Waals surface area contributed by atoms with Crippen molar-refractivity contribution in [2.45, 2.75) is 38.6 Å². The molecule has 1 aliphatic carbocycles. The third-order valence-corrected chi connectivity index (χ3v) is 3.84. The molecule has 0 aromatic carbocycles. The Morgan fingerprint density at radius 2 is 2.15 bits per heavy atom. The Balaban J connectivity index is 2.34. The molecule has 0 radical (unpaired) electrons. The summed E-state index contributed by atoms with van der Waals surface area (Å²) in [4.78, 5) is 23.9. The van der Waals surface area contributed by atoms with Crippen molar-refractivity contribution in [2.75, 3.05) is 26.8 Å². The van der Waals surface area contributed by atoms with Gasteiger partial charge in [0.25, 0.3) is 0 Å². The van der Waals surface area contributed by atoms with E-state index < -0.39 is 6.04 Å². The Hall–Kier alpha value is -1.14. The summed E-state index contributed by atoms with van der Waals surface area (Å²) in [6, 6.07) is -0.516. The van der Waals surface area contributed by atoms with Gasteiger partial charge in [0, 0.05) is 19.6 Å². The number of ether oxygens (including phenoxy) is 1. The molecule has 1 fully saturated rings. The van der Waals surface area contributed by atoms with E-state index in [2.05, 4.69) is 10.6 Å². The van der Waals surface area contributed by atoms with Crippen molar-refractivity contribution in [2.24, 2.45) is 17.6 Å². The average molecular weight is 285 g/mol. The summed E-state index contributed by atoms with van der Waals surface area (Å²) in [5, 5.41) is 5.50. The molecular formula is C14H27N3O3. The molecule has 0 heterocycles. The van der Waals surface area contributed by atoms with Crippen LogP contribution >= 0.6 is 0 Å². The van der Waals surface area contributed by atoms with Crippen molar-refractivity contribution in [1.29, 1.82) is 0 Å². The molecule has 3 unspecified atom stereocenters. The molecule has 116 valence electrons. The third-order valence-electron chi connectivity index (χ3n) is 3.84. The van der Waals surface area contributed by atoms with E-state index in [1.807, 2.05) is 0 Å². The summed E-state index contributed by atoms with van der Waals surface area (Å²) >= 11 is 0. The second-order valence-electron chi connectivity index (χ2n) is 5.48. The van der Waals surface area contributed by atoms with Gasteiger partial charge < -0.3 is 21.1 Å². The predicted molar refractivity (Wildman–Crippen MR) is 77.0 cm³/mol. The number of hydrogen-bond donors (Lipinski definition) is 3. The molecule has 6 nitrogen and oxygen atoms in total. The van der Waals surface area contributed by atoms with E-state index in [-0.39, 0.29) is 17.7 Å². The Labute approximate surface area is 120 Å². The predicted octanol–water partition coefficient (Wildman–Crippen LogP) is 0.0188. The van der Waals surface area contributed by atoms with Gasteiger partial charge in [0.05, 0.1) is 6.61 Å². The van der Waals surface area contributed by atoms with E-state index in [1.54, 1.807) is 14.0 Å². The van der Waals surface area contributed by atoms with Crippen molar-refractivity contribution in [3.05, 3.63) is 0 Å². The Kier molecular flexibility index (Phi) is 7.54. The van der Waals surface area contributed by atoms with Crippen molar-refractivity contribution >= 4 is 11.8 Å². The molecule has 4 N–H and O–H groups in total. The minimum absolute atomic E-state index is 0.00785. The summed E-state index contributed by atoms with van der Waals surface area (Å²) in [5.74, 6) is 0.219. The van der Waals surface area contributed by atoms with E-state index in [1.165, 1.54) is 0 Å². The fraction of sp³-hybridized carbons (Fsp3) is 0.857. The van der Waals surface area contributed by atoms with Gasteiger partial charge in [-0.15, -0.1) is 0 Å². The van der Waals surface area contributed by atoms with Crippen LogP contribution in [0.25, 0.3) is 0 Å². The number of carbonyl (C=O) groups is 2. The average Bonchev–Trinajstić information content (AvgIpc) is 2.47. The maximum atomic E-state index is 12.1. The number of carbonyl (C=O) groups excluding carboxylic acids is 2. The Morgan fingerprint density at radius 1 is 1.40 bits per heavy atom. The highest BCUT2D eigenvalue weighted by Gasteiger charge is 2.28. The molecule has 0 spiro atoms. The zero-order chi connectivity index (χ0) is 15.0. The molecule has 0 aromatic heterocycles. The lowest BCUT2D eigenvalue weighted by Gasteiger charge is -2.28. The van der Waals surface area contributed by atoms with Crippen LogP contribution in [-0.4, -0.2) is 44.7 Å². The Bertz CT molecular complexity index is 323. The lowest BCUT2D eigenvalue weighted by molar-refractivity contribution is -0.131. The van der Waals surface area contributed by atoms with Gasteiger partial charge in [-0.25, -0.2) is 0 Å². The van der Waals surface area contributed by atoms with Crippen LogP contribution in [0, 0.1) is 11.8 Å². The first-order valence-corrected chi connectivity index (χ1v) is 7.35. The monoisotopic (exact) mass is 285 g/mol. The highest BCUT2D eigenvalue weighted by atomic mass is 16.5. The summed E-state index contributed by atoms with van der Waals surface area (Å²) < 4.78 is 4.86. The van der Waals surface area contributed by atoms with Crippen LogP contribution in [0.4, 0.5) is 0 Å². The SMILES string of the molecule is COCCNC(=O)C(C)NC(=O)C1CCCC(CN)C1. The maximum Gasteiger partial charge on any atom is 0.242 e. The van der Waals surface area contributed by atoms with Crippen LogP contribution in [0.15, 0.2) is 0 Å². The van der Waals surface area contributed by atoms with Gasteiger partial charge in [-0.3, -0.25) is 9.59 Å². The molecular weight excluding hydrogens is 258 g/mol. The zero-order valence-electron chi connectivity index (χ0n) is 12.5. The first-order chi connectivity index (χ1) is 9.58. The maximum absolute atomic E-state index is 12.1. The second-order valence-corrected chi connectivity index (χ2v) is 5.48. The lowest BCUT2D eigenvalue weighted by atomic mass is 9.81. The van der Waals surface area contributed by atoms with E-state index in [0.29, 0.717) is 25.6 Å². The van der Waals surface area contributed by atoms with Crippen molar-refractivity contribution < 1.29 is 14.3 Å². The smallest absolute Gasteiger partial charge is 0.242 e. The van der Waals surface area contributed by atoms with Crippen molar-refractivity contribution in [1.82, 2.24) is 10.6 Å². The van der Waals surface area contributed by atoms with E-state index in [0.717, 1.165) is 25.7 Å². The molecule has 3 atom stereocenters. The third kappa shape index (κ3) is 5.46. The molecule has 0 aromatic rings. The first-order valence-electron chi connectivity index (χ1n) is 7.35. The minimum Gasteiger partial charge on any atom is -0.383 e. The number of nitrogens with two attached hydrogens (primary N) is 1. The quantitative estimate of drug-likeness (QED) is 0.575. The second kappa shape index (κ2) is 8.92. The molecule has 1 aliphatic rings. The lowest BCUT2D eigenvalue weighted by Crippen LogP contribution is -2.48. The fourth-order valence-corrected chi connectivity index (χ4v) is 2.57. The van der Waals surface area contributed by atoms with E-state index in [9.17, 15) is 9.59 Å². The highest BCUT2D eigenvalue weighted by molar-refractivity contribution is 5.88. The van der Waals surface area contributed by atoms with Gasteiger partial charge in [-0.05, 0) is 38.6 Å². The van der Waals surface area contributed by atoms with Crippen molar-refractivity contribution in [3.63, 3.8) is 0 Å². The van der Waals surface area contributed by atoms with Gasteiger partial charge in [0.1, 0.15) is 6.04 Å². The number of methoxy groups -OCH3 is 1. The van der Waals surface area contributed by atoms with Crippen LogP contribution in [0.2, 0.25) is 0 Å². The summed E-state index contributed by atoms with van der Waals surface area (Å²) in [5.41, 5.74) is 5.68. The van der Waals surface area contributed by atoms with E-state index in [4.69, 9.17) is 10.5 Å². The number of hydrogen-bond acceptors (Lipinski definition) is 4. The van der Waals surface area contributed by atoms with Gasteiger partial charge in [-0.2, -0.15) is 0 Å². The van der Waals surface area contributed by atoms with E-state index >= 15 is 0 Å². The van der Waals surface area contributed by atoms with Crippen LogP contribution in [-0.2, 0) is 14.3 Å². The summed E-state index contributed by atoms with van der Waals surface area (Å²) in [6.07, 6.45) is 3.86. The molecule has 2 amide bonds. The topological polar surface area (TPSA) is 93.5 Å². The standard InChI is InChI=1S/C14H27N3O3/c1-10(13(18)16-6-7-20-2)17-14(19)12-5-3-4-11(8-12)9-15/h10-12H,3-9,15H2,1-2H3,(H,16,18)(H,17,19). The molecule has 20 heavy (non-hydrogen) atoms. The highest BCUT2D eigenvalue weighted by Crippen LogP contribution is 2.28. The number of amides is 2. The largest absolute Gasteiger partial charge is 0.383 e. The van der Waals surface area contributed by atoms with Crippen LogP contribution in [0.3, 0.4) is 0 Å². The molecule has 0 bridgehead atoms. The van der Waals surface area contributed by atoms with Gasteiger partial charge >= 0.3 is 0 Å². The number of nitrogens with one attached hydrogen (secondary N) is 2. The fourth-order valence-electron chi connectivity index (χ4n) is 2.57. The zero-order valence-corrected chi connectivity index (χ0v) is 12.5. The molecule has 1 saturated carbocycles. The normalized spacial score (nSPS) is 23.9. The molecule has 6 heteroatoms. The van der Waals surface area contributed by atoms with Crippen LogP contribution in [0.1, 0.15) is 32.6 Å².